The van der Waals surface area contributed by atoms with Gasteiger partial charge in [0.05, 0.1) is 6.42 Å². The number of nitrogens with one attached hydrogen (secondary N) is 2. The highest BCUT2D eigenvalue weighted by molar-refractivity contribution is 8.00. The smallest absolute Gasteiger partial charge is 0.244 e. The molecule has 2 amide bonds. The minimum Gasteiger partial charge on any atom is -0.326 e. The van der Waals surface area contributed by atoms with Gasteiger partial charge >= 0.3 is 0 Å². The highest BCUT2D eigenvalue weighted by Gasteiger charge is 2.22. The van der Waals surface area contributed by atoms with Gasteiger partial charge in [0.2, 0.25) is 11.8 Å². The second kappa shape index (κ2) is 10.7. The number of thioether (sulfide) groups is 1. The average molecular weight is 460 g/mol. The van der Waals surface area contributed by atoms with Gasteiger partial charge in [0.15, 0.2) is 5.13 Å². The monoisotopic (exact) mass is 459 g/mol. The number of amides is 2. The van der Waals surface area contributed by atoms with Crippen molar-refractivity contribution < 1.29 is 9.59 Å². The van der Waals surface area contributed by atoms with Crippen LogP contribution in [0.25, 0.3) is 0 Å². The van der Waals surface area contributed by atoms with E-state index in [1.807, 2.05) is 90.3 Å². The number of rotatable bonds is 8. The number of carbonyl (C=O) groups is 2. The Balaban J connectivity index is 1.43. The first kappa shape index (κ1) is 21.8. The van der Waals surface area contributed by atoms with Gasteiger partial charge in [0, 0.05) is 22.2 Å². The molecule has 0 spiro atoms. The molecule has 0 aliphatic heterocycles. The Hall–Kier alpha value is -3.42. The van der Waals surface area contributed by atoms with Crippen molar-refractivity contribution in [2.24, 2.45) is 0 Å². The first-order valence-electron chi connectivity index (χ1n) is 10.0. The lowest BCUT2D eigenvalue weighted by Gasteiger charge is -2.16. The van der Waals surface area contributed by atoms with Crippen LogP contribution in [-0.2, 0) is 16.0 Å². The maximum Gasteiger partial charge on any atom is 0.244 e. The van der Waals surface area contributed by atoms with Crippen LogP contribution in [0.2, 0.25) is 0 Å². The van der Waals surface area contributed by atoms with Crippen LogP contribution in [0.5, 0.6) is 0 Å². The number of carbonyl (C=O) groups excluding carboxylic acids is 2. The molecule has 1 aromatic heterocycles. The van der Waals surface area contributed by atoms with E-state index in [4.69, 9.17) is 0 Å². The SMILES string of the molecule is O=C(Cc1ccccc1)Nc1ccc(SC(C(=O)Nc2nccs2)c2ccccc2)cc1. The Morgan fingerprint density at radius 1 is 0.875 bits per heavy atom. The zero-order chi connectivity index (χ0) is 22.2. The molecule has 1 atom stereocenters. The third kappa shape index (κ3) is 6.06. The summed E-state index contributed by atoms with van der Waals surface area (Å²) in [4.78, 5) is 30.3. The molecule has 32 heavy (non-hydrogen) atoms. The summed E-state index contributed by atoms with van der Waals surface area (Å²) >= 11 is 2.84. The molecule has 7 heteroatoms. The van der Waals surface area contributed by atoms with E-state index in [2.05, 4.69) is 15.6 Å². The van der Waals surface area contributed by atoms with Crippen molar-refractivity contribution in [1.82, 2.24) is 4.98 Å². The zero-order valence-corrected chi connectivity index (χ0v) is 18.7. The van der Waals surface area contributed by atoms with Gasteiger partial charge in [-0.1, -0.05) is 60.7 Å². The van der Waals surface area contributed by atoms with Crippen LogP contribution < -0.4 is 10.6 Å². The highest BCUT2D eigenvalue weighted by Crippen LogP contribution is 2.36. The Morgan fingerprint density at radius 2 is 1.56 bits per heavy atom. The van der Waals surface area contributed by atoms with E-state index in [9.17, 15) is 9.59 Å². The lowest BCUT2D eigenvalue weighted by Crippen LogP contribution is -2.18. The van der Waals surface area contributed by atoms with Gasteiger partial charge < -0.3 is 10.6 Å². The molecule has 0 bridgehead atoms. The third-order valence-electron chi connectivity index (χ3n) is 4.60. The van der Waals surface area contributed by atoms with E-state index in [-0.39, 0.29) is 11.8 Å². The van der Waals surface area contributed by atoms with Crippen LogP contribution in [0.3, 0.4) is 0 Å². The van der Waals surface area contributed by atoms with Gasteiger partial charge in [-0.05, 0) is 35.4 Å². The predicted octanol–water partition coefficient (Wildman–Crippen LogP) is 5.80. The standard InChI is InChI=1S/C25H21N3O2S2/c29-22(17-18-7-3-1-4-8-18)27-20-11-13-21(14-12-20)32-23(19-9-5-2-6-10-19)24(30)28-25-26-15-16-31-25/h1-16,23H,17H2,(H,27,29)(H,26,28,30). The Bertz CT molecular complexity index is 1150. The van der Waals surface area contributed by atoms with E-state index >= 15 is 0 Å². The van der Waals surface area contributed by atoms with Crippen LogP contribution in [0.1, 0.15) is 16.4 Å². The van der Waals surface area contributed by atoms with Gasteiger partial charge in [-0.3, -0.25) is 9.59 Å². The second-order valence-electron chi connectivity index (χ2n) is 6.97. The fourth-order valence-corrected chi connectivity index (χ4v) is 4.65. The molecule has 0 aliphatic carbocycles. The van der Waals surface area contributed by atoms with Crippen LogP contribution in [0.4, 0.5) is 10.8 Å². The predicted molar refractivity (Wildman–Crippen MR) is 131 cm³/mol. The minimum atomic E-state index is -0.432. The molecule has 0 radical (unpaired) electrons. The van der Waals surface area contributed by atoms with Crippen LogP contribution in [0.15, 0.2) is 101 Å². The van der Waals surface area contributed by atoms with Crippen molar-refractivity contribution >= 4 is 45.7 Å². The van der Waals surface area contributed by atoms with Crippen molar-refractivity contribution in [3.63, 3.8) is 0 Å². The molecule has 2 N–H and O–H groups in total. The Labute approximate surface area is 194 Å². The molecule has 0 saturated heterocycles. The number of aromatic nitrogens is 1. The largest absolute Gasteiger partial charge is 0.326 e. The molecule has 0 aliphatic rings. The topological polar surface area (TPSA) is 71.1 Å². The van der Waals surface area contributed by atoms with Crippen molar-refractivity contribution in [2.45, 2.75) is 16.6 Å². The molecule has 1 heterocycles. The van der Waals surface area contributed by atoms with Crippen LogP contribution in [-0.4, -0.2) is 16.8 Å². The van der Waals surface area contributed by atoms with Gasteiger partial charge in [0.1, 0.15) is 5.25 Å². The van der Waals surface area contributed by atoms with Gasteiger partial charge in [-0.15, -0.1) is 23.1 Å². The molecule has 0 saturated carbocycles. The fraction of sp³-hybridized carbons (Fsp3) is 0.0800. The van der Waals surface area contributed by atoms with Crippen LogP contribution in [0, 0.1) is 0 Å². The summed E-state index contributed by atoms with van der Waals surface area (Å²) in [5.41, 5.74) is 2.60. The number of nitrogens with zero attached hydrogens (tertiary/aromatic N) is 1. The molecule has 5 nitrogen and oxygen atoms in total. The molecule has 0 fully saturated rings. The number of hydrogen-bond donors (Lipinski definition) is 2. The molecule has 4 aromatic rings. The number of thiazole rings is 1. The van der Waals surface area contributed by atoms with Gasteiger partial charge in [-0.25, -0.2) is 4.98 Å². The quantitative estimate of drug-likeness (QED) is 0.327. The van der Waals surface area contributed by atoms with E-state index in [0.29, 0.717) is 11.6 Å². The molecule has 4 rings (SSSR count). The van der Waals surface area contributed by atoms with Crippen molar-refractivity contribution in [3.8, 4) is 0 Å². The van der Waals surface area contributed by atoms with Crippen LogP contribution >= 0.6 is 23.1 Å². The van der Waals surface area contributed by atoms with E-state index < -0.39 is 5.25 Å². The first-order chi connectivity index (χ1) is 15.7. The van der Waals surface area contributed by atoms with Gasteiger partial charge in [-0.2, -0.15) is 0 Å². The summed E-state index contributed by atoms with van der Waals surface area (Å²) in [7, 11) is 0. The number of benzene rings is 3. The summed E-state index contributed by atoms with van der Waals surface area (Å²) < 4.78 is 0. The molecular weight excluding hydrogens is 438 g/mol. The summed E-state index contributed by atoms with van der Waals surface area (Å²) in [5.74, 6) is -0.196. The Kier molecular flexibility index (Phi) is 7.32. The fourth-order valence-electron chi connectivity index (χ4n) is 3.10. The number of hydrogen-bond acceptors (Lipinski definition) is 5. The zero-order valence-electron chi connectivity index (χ0n) is 17.1. The van der Waals surface area contributed by atoms with Crippen molar-refractivity contribution in [1.29, 1.82) is 0 Å². The Morgan fingerprint density at radius 3 is 2.22 bits per heavy atom. The summed E-state index contributed by atoms with van der Waals surface area (Å²) in [5, 5.41) is 7.78. The van der Waals surface area contributed by atoms with E-state index in [0.717, 1.165) is 21.7 Å². The number of anilines is 2. The maximum atomic E-state index is 13.0. The lowest BCUT2D eigenvalue weighted by atomic mass is 10.1. The van der Waals surface area contributed by atoms with E-state index in [1.165, 1.54) is 23.1 Å². The van der Waals surface area contributed by atoms with Crippen molar-refractivity contribution in [2.75, 3.05) is 10.6 Å². The maximum absolute atomic E-state index is 13.0. The third-order valence-corrected chi connectivity index (χ3v) is 6.56. The normalized spacial score (nSPS) is 11.5. The summed E-state index contributed by atoms with van der Waals surface area (Å²) in [6.07, 6.45) is 1.99. The lowest BCUT2D eigenvalue weighted by molar-refractivity contribution is -0.116. The second-order valence-corrected chi connectivity index (χ2v) is 9.04. The van der Waals surface area contributed by atoms with E-state index in [1.54, 1.807) is 6.20 Å². The highest BCUT2D eigenvalue weighted by atomic mass is 32.2. The average Bonchev–Trinajstić information content (AvgIpc) is 3.32. The molecule has 3 aromatic carbocycles. The first-order valence-corrected chi connectivity index (χ1v) is 11.8. The van der Waals surface area contributed by atoms with Gasteiger partial charge in [0.25, 0.3) is 0 Å². The van der Waals surface area contributed by atoms with Crippen molar-refractivity contribution in [3.05, 3.63) is 108 Å². The molecular formula is C25H21N3O2S2. The molecule has 1 unspecified atom stereocenters. The molecule has 160 valence electrons. The summed E-state index contributed by atoms with van der Waals surface area (Å²) in [6, 6.07) is 26.8. The summed E-state index contributed by atoms with van der Waals surface area (Å²) in [6.45, 7) is 0. The minimum absolute atomic E-state index is 0.0680.